The molecule has 3 aromatic rings. The van der Waals surface area contributed by atoms with Gasteiger partial charge in [-0.1, -0.05) is 48.5 Å². The van der Waals surface area contributed by atoms with E-state index in [1.807, 2.05) is 72.5 Å². The molecule has 1 unspecified atom stereocenters. The van der Waals surface area contributed by atoms with Crippen molar-refractivity contribution in [3.05, 3.63) is 71.9 Å². The van der Waals surface area contributed by atoms with E-state index in [1.165, 1.54) is 0 Å². The van der Waals surface area contributed by atoms with Crippen molar-refractivity contribution in [2.45, 2.75) is 25.9 Å². The number of rotatable bonds is 7. The molecule has 8 nitrogen and oxygen atoms in total. The first-order chi connectivity index (χ1) is 16.5. The zero-order valence-corrected chi connectivity index (χ0v) is 19.4. The molecule has 0 radical (unpaired) electrons. The molecule has 1 atom stereocenters. The highest BCUT2D eigenvalue weighted by Gasteiger charge is 2.29. The molecule has 0 saturated carbocycles. The van der Waals surface area contributed by atoms with Crippen LogP contribution in [0.25, 0.3) is 10.9 Å². The van der Waals surface area contributed by atoms with Gasteiger partial charge in [-0.25, -0.2) is 4.79 Å². The predicted octanol–water partition coefficient (Wildman–Crippen LogP) is 3.33. The number of aromatic nitrogens is 1. The van der Waals surface area contributed by atoms with Gasteiger partial charge in [0.2, 0.25) is 0 Å². The smallest absolute Gasteiger partial charge is 0.320 e. The highest BCUT2D eigenvalue weighted by atomic mass is 16.4. The molecule has 8 heteroatoms. The molecule has 2 heterocycles. The quantitative estimate of drug-likeness (QED) is 0.499. The fourth-order valence-corrected chi connectivity index (χ4v) is 4.44. The third-order valence-electron chi connectivity index (χ3n) is 6.18. The number of nitrogens with one attached hydrogen (secondary N) is 2. The molecular weight excluding hydrogens is 430 g/mol. The summed E-state index contributed by atoms with van der Waals surface area (Å²) in [5.41, 5.74) is 3.53. The number of hydrogen-bond acceptors (Lipinski definition) is 5. The van der Waals surface area contributed by atoms with E-state index < -0.39 is 12.0 Å². The van der Waals surface area contributed by atoms with Gasteiger partial charge in [0.05, 0.1) is 11.2 Å². The lowest BCUT2D eigenvalue weighted by atomic mass is 10.1. The largest absolute Gasteiger partial charge is 0.480 e. The zero-order chi connectivity index (χ0) is 23.9. The van der Waals surface area contributed by atoms with Gasteiger partial charge < -0.3 is 20.6 Å². The Morgan fingerprint density at radius 2 is 1.82 bits per heavy atom. The molecule has 2 aromatic carbocycles. The Morgan fingerprint density at radius 3 is 2.62 bits per heavy atom. The predicted molar refractivity (Wildman–Crippen MR) is 133 cm³/mol. The van der Waals surface area contributed by atoms with Crippen LogP contribution in [0.15, 0.2) is 60.7 Å². The normalized spacial score (nSPS) is 17.3. The molecule has 2 amide bonds. The van der Waals surface area contributed by atoms with Crippen molar-refractivity contribution in [1.29, 1.82) is 0 Å². The van der Waals surface area contributed by atoms with Crippen molar-refractivity contribution < 1.29 is 14.7 Å². The van der Waals surface area contributed by atoms with Crippen molar-refractivity contribution in [2.75, 3.05) is 38.0 Å². The molecule has 0 spiro atoms. The van der Waals surface area contributed by atoms with Gasteiger partial charge in [0.15, 0.2) is 0 Å². The Balaban J connectivity index is 1.29. The van der Waals surface area contributed by atoms with Gasteiger partial charge in [-0.2, -0.15) is 0 Å². The first kappa shape index (κ1) is 23.7. The van der Waals surface area contributed by atoms with Crippen LogP contribution < -0.4 is 10.6 Å². The van der Waals surface area contributed by atoms with Crippen LogP contribution in [0.2, 0.25) is 0 Å². The maximum Gasteiger partial charge on any atom is 0.320 e. The summed E-state index contributed by atoms with van der Waals surface area (Å²) in [5, 5.41) is 16.5. The number of carbonyl (C=O) groups excluding carboxylic acids is 1. The van der Waals surface area contributed by atoms with E-state index in [-0.39, 0.29) is 6.03 Å². The van der Waals surface area contributed by atoms with E-state index in [0.29, 0.717) is 39.1 Å². The van der Waals surface area contributed by atoms with Gasteiger partial charge in [-0.05, 0) is 31.0 Å². The van der Waals surface area contributed by atoms with Gasteiger partial charge in [0.25, 0.3) is 0 Å². The molecule has 1 aliphatic heterocycles. The monoisotopic (exact) mass is 461 g/mol. The highest BCUT2D eigenvalue weighted by Crippen LogP contribution is 2.22. The minimum absolute atomic E-state index is 0.264. The summed E-state index contributed by atoms with van der Waals surface area (Å²) in [5.74, 6) is -0.782. The topological polar surface area (TPSA) is 97.8 Å². The standard InChI is InChI=1S/C26H31N5O3/c1-19-17-23(21-9-5-6-10-22(21)28-19)29-26(34)27-12-14-30-13-11-24(25(32)33)31(16-15-30)18-20-7-3-2-4-8-20/h2-10,17,24H,11-16,18H2,1H3,(H,32,33)(H2,27,28,29,34). The number of carbonyl (C=O) groups is 2. The van der Waals surface area contributed by atoms with Crippen LogP contribution in [0.3, 0.4) is 0 Å². The molecule has 4 rings (SSSR count). The van der Waals surface area contributed by atoms with Crippen molar-refractivity contribution in [3.8, 4) is 0 Å². The number of carboxylic acid groups (broad SMARTS) is 1. The average Bonchev–Trinajstić information content (AvgIpc) is 3.02. The third kappa shape index (κ3) is 6.09. The van der Waals surface area contributed by atoms with Crippen molar-refractivity contribution >= 4 is 28.6 Å². The molecule has 1 aliphatic rings. The second-order valence-electron chi connectivity index (χ2n) is 8.65. The lowest BCUT2D eigenvalue weighted by Gasteiger charge is -2.26. The second-order valence-corrected chi connectivity index (χ2v) is 8.65. The van der Waals surface area contributed by atoms with E-state index >= 15 is 0 Å². The van der Waals surface area contributed by atoms with E-state index in [2.05, 4.69) is 20.5 Å². The number of aryl methyl sites for hydroxylation is 1. The average molecular weight is 462 g/mol. The number of pyridine rings is 1. The van der Waals surface area contributed by atoms with E-state index in [0.717, 1.165) is 34.4 Å². The minimum Gasteiger partial charge on any atom is -0.480 e. The number of fused-ring (bicyclic) bond motifs is 1. The molecule has 34 heavy (non-hydrogen) atoms. The highest BCUT2D eigenvalue weighted by molar-refractivity contribution is 6.00. The molecule has 1 aromatic heterocycles. The Kier molecular flexibility index (Phi) is 7.72. The van der Waals surface area contributed by atoms with Gasteiger partial charge >= 0.3 is 12.0 Å². The number of aliphatic carboxylic acids is 1. The summed E-state index contributed by atoms with van der Waals surface area (Å²) in [6, 6.07) is 18.8. The van der Waals surface area contributed by atoms with Gasteiger partial charge in [0.1, 0.15) is 6.04 Å². The number of para-hydroxylation sites is 1. The molecule has 178 valence electrons. The maximum absolute atomic E-state index is 12.5. The summed E-state index contributed by atoms with van der Waals surface area (Å²) in [4.78, 5) is 33.2. The SMILES string of the molecule is Cc1cc(NC(=O)NCCN2CCC(C(=O)O)N(Cc3ccccc3)CC2)c2ccccc2n1. The molecule has 1 saturated heterocycles. The number of urea groups is 1. The molecule has 0 aliphatic carbocycles. The first-order valence-electron chi connectivity index (χ1n) is 11.6. The summed E-state index contributed by atoms with van der Waals surface area (Å²) < 4.78 is 0. The molecular formula is C26H31N5O3. The van der Waals surface area contributed by atoms with Gasteiger partial charge in [-0.15, -0.1) is 0 Å². The van der Waals surface area contributed by atoms with Crippen LogP contribution in [0.4, 0.5) is 10.5 Å². The Labute approximate surface area is 199 Å². The second kappa shape index (κ2) is 11.1. The van der Waals surface area contributed by atoms with Crippen LogP contribution in [-0.2, 0) is 11.3 Å². The molecule has 3 N–H and O–H groups in total. The summed E-state index contributed by atoms with van der Waals surface area (Å²) in [6.45, 7) is 5.76. The Hall–Kier alpha value is -3.49. The number of hydrogen-bond donors (Lipinski definition) is 3. The fraction of sp³-hybridized carbons (Fsp3) is 0.346. The van der Waals surface area contributed by atoms with Crippen LogP contribution in [0.1, 0.15) is 17.7 Å². The van der Waals surface area contributed by atoms with Gasteiger partial charge in [0, 0.05) is 50.3 Å². The third-order valence-corrected chi connectivity index (χ3v) is 6.18. The Morgan fingerprint density at radius 1 is 1.06 bits per heavy atom. The number of benzene rings is 2. The van der Waals surface area contributed by atoms with Crippen molar-refractivity contribution in [2.24, 2.45) is 0 Å². The number of nitrogens with zero attached hydrogens (tertiary/aromatic N) is 3. The van der Waals surface area contributed by atoms with Gasteiger partial charge in [-0.3, -0.25) is 14.7 Å². The van der Waals surface area contributed by atoms with Crippen LogP contribution in [0, 0.1) is 6.92 Å². The first-order valence-corrected chi connectivity index (χ1v) is 11.6. The van der Waals surface area contributed by atoms with E-state index in [1.54, 1.807) is 0 Å². The van der Waals surface area contributed by atoms with Crippen LogP contribution in [0.5, 0.6) is 0 Å². The lowest BCUT2D eigenvalue weighted by Crippen LogP contribution is -2.41. The van der Waals surface area contributed by atoms with E-state index in [4.69, 9.17) is 0 Å². The summed E-state index contributed by atoms with van der Waals surface area (Å²) >= 11 is 0. The van der Waals surface area contributed by atoms with Crippen molar-refractivity contribution in [1.82, 2.24) is 20.1 Å². The minimum atomic E-state index is -0.782. The number of anilines is 1. The fourth-order valence-electron chi connectivity index (χ4n) is 4.44. The molecule has 0 bridgehead atoms. The number of amides is 2. The Bertz CT molecular complexity index is 1140. The zero-order valence-electron chi connectivity index (χ0n) is 19.4. The van der Waals surface area contributed by atoms with E-state index in [9.17, 15) is 14.7 Å². The van der Waals surface area contributed by atoms with Crippen molar-refractivity contribution in [3.63, 3.8) is 0 Å². The maximum atomic E-state index is 12.5. The van der Waals surface area contributed by atoms with Crippen LogP contribution in [-0.4, -0.2) is 70.7 Å². The lowest BCUT2D eigenvalue weighted by molar-refractivity contribution is -0.143. The molecule has 1 fully saturated rings. The van der Waals surface area contributed by atoms with Crippen LogP contribution >= 0.6 is 0 Å². The number of carboxylic acids is 1. The summed E-state index contributed by atoms with van der Waals surface area (Å²) in [7, 11) is 0. The summed E-state index contributed by atoms with van der Waals surface area (Å²) in [6.07, 6.45) is 0.552.